The highest BCUT2D eigenvalue weighted by molar-refractivity contribution is 5.76. The molecule has 0 aliphatic rings. The van der Waals surface area contributed by atoms with Crippen LogP contribution in [0, 0.1) is 0 Å². The fraction of sp³-hybridized carbons (Fsp3) is 0.889. The molecule has 0 aliphatic carbocycles. The van der Waals surface area contributed by atoms with Crippen molar-refractivity contribution in [2.45, 2.75) is 38.8 Å². The molecule has 0 spiro atoms. The molecule has 0 aromatic carbocycles. The zero-order chi connectivity index (χ0) is 10.3. The van der Waals surface area contributed by atoms with Gasteiger partial charge in [0.25, 0.3) is 0 Å². The third kappa shape index (κ3) is 7.74. The number of methoxy groups -OCH3 is 1. The van der Waals surface area contributed by atoms with E-state index in [1.54, 1.807) is 7.11 Å². The van der Waals surface area contributed by atoms with Crippen LogP contribution in [-0.2, 0) is 9.53 Å². The van der Waals surface area contributed by atoms with Crippen LogP contribution >= 0.6 is 0 Å². The van der Waals surface area contributed by atoms with E-state index in [2.05, 4.69) is 5.32 Å². The molecule has 0 radical (unpaired) electrons. The first kappa shape index (κ1) is 12.4. The highest BCUT2D eigenvalue weighted by Gasteiger charge is 2.07. The molecule has 0 fully saturated rings. The van der Waals surface area contributed by atoms with Gasteiger partial charge in [0.1, 0.15) is 0 Å². The van der Waals surface area contributed by atoms with E-state index >= 15 is 0 Å². The lowest BCUT2D eigenvalue weighted by molar-refractivity contribution is -0.122. The smallest absolute Gasteiger partial charge is 0.220 e. The lowest BCUT2D eigenvalue weighted by Gasteiger charge is -2.13. The Labute approximate surface area is 79.8 Å². The zero-order valence-electron chi connectivity index (χ0n) is 8.67. The molecular weight excluding hydrogens is 168 g/mol. The van der Waals surface area contributed by atoms with Gasteiger partial charge < -0.3 is 15.8 Å². The van der Waals surface area contributed by atoms with E-state index in [1.807, 2.05) is 13.8 Å². The Bertz CT molecular complexity index is 149. The molecule has 4 heteroatoms. The molecule has 0 aliphatic heterocycles. The molecule has 2 atom stereocenters. The first-order valence-electron chi connectivity index (χ1n) is 4.60. The Morgan fingerprint density at radius 2 is 2.15 bits per heavy atom. The molecule has 0 aromatic rings. The maximum atomic E-state index is 11.2. The number of carbonyl (C=O) groups is 1. The van der Waals surface area contributed by atoms with Crippen LogP contribution in [0.4, 0.5) is 0 Å². The molecule has 4 nitrogen and oxygen atoms in total. The normalized spacial score (nSPS) is 15.1. The van der Waals surface area contributed by atoms with E-state index in [0.717, 1.165) is 6.42 Å². The van der Waals surface area contributed by atoms with Crippen molar-refractivity contribution in [3.8, 4) is 0 Å². The van der Waals surface area contributed by atoms with Crippen molar-refractivity contribution >= 4 is 5.91 Å². The predicted octanol–water partition coefficient (Wildman–Crippen LogP) is 0.265. The first-order valence-corrected chi connectivity index (χ1v) is 4.60. The summed E-state index contributed by atoms with van der Waals surface area (Å²) in [7, 11) is 1.62. The highest BCUT2D eigenvalue weighted by atomic mass is 16.5. The summed E-state index contributed by atoms with van der Waals surface area (Å²) in [5.41, 5.74) is 5.53. The molecule has 2 unspecified atom stereocenters. The van der Waals surface area contributed by atoms with Crippen LogP contribution in [0.3, 0.4) is 0 Å². The lowest BCUT2D eigenvalue weighted by Crippen LogP contribution is -2.36. The minimum absolute atomic E-state index is 0.0434. The van der Waals surface area contributed by atoms with Crippen LogP contribution < -0.4 is 11.1 Å². The highest BCUT2D eigenvalue weighted by Crippen LogP contribution is 1.94. The molecule has 0 rings (SSSR count). The summed E-state index contributed by atoms with van der Waals surface area (Å²) < 4.78 is 4.89. The minimum Gasteiger partial charge on any atom is -0.383 e. The average molecular weight is 188 g/mol. The second kappa shape index (κ2) is 6.86. The third-order valence-electron chi connectivity index (χ3n) is 1.65. The van der Waals surface area contributed by atoms with Gasteiger partial charge in [-0.2, -0.15) is 0 Å². The van der Waals surface area contributed by atoms with Crippen molar-refractivity contribution in [2.24, 2.45) is 5.73 Å². The Morgan fingerprint density at radius 1 is 1.54 bits per heavy atom. The van der Waals surface area contributed by atoms with Gasteiger partial charge in [0.2, 0.25) is 5.91 Å². The van der Waals surface area contributed by atoms with E-state index in [4.69, 9.17) is 10.5 Å². The van der Waals surface area contributed by atoms with E-state index in [1.165, 1.54) is 0 Å². The lowest BCUT2D eigenvalue weighted by atomic mass is 10.2. The summed E-state index contributed by atoms with van der Waals surface area (Å²) in [6.07, 6.45) is 1.22. The van der Waals surface area contributed by atoms with Gasteiger partial charge in [0.15, 0.2) is 0 Å². The fourth-order valence-corrected chi connectivity index (χ4v) is 0.997. The van der Waals surface area contributed by atoms with Gasteiger partial charge in [0.05, 0.1) is 6.61 Å². The van der Waals surface area contributed by atoms with Gasteiger partial charge in [0, 0.05) is 25.6 Å². The molecule has 13 heavy (non-hydrogen) atoms. The van der Waals surface area contributed by atoms with Crippen molar-refractivity contribution in [3.63, 3.8) is 0 Å². The van der Waals surface area contributed by atoms with Gasteiger partial charge in [-0.3, -0.25) is 4.79 Å². The van der Waals surface area contributed by atoms with Gasteiger partial charge in [-0.05, 0) is 20.3 Å². The van der Waals surface area contributed by atoms with Crippen molar-refractivity contribution in [3.05, 3.63) is 0 Å². The molecule has 1 amide bonds. The number of carbonyl (C=O) groups excluding carboxylic acids is 1. The molecule has 0 saturated heterocycles. The number of nitrogens with two attached hydrogens (primary N) is 1. The fourth-order valence-electron chi connectivity index (χ4n) is 0.997. The van der Waals surface area contributed by atoms with Crippen molar-refractivity contribution in [1.82, 2.24) is 5.32 Å². The monoisotopic (exact) mass is 188 g/mol. The number of amides is 1. The predicted molar refractivity (Wildman–Crippen MR) is 52.4 cm³/mol. The van der Waals surface area contributed by atoms with Crippen LogP contribution in [0.5, 0.6) is 0 Å². The topological polar surface area (TPSA) is 64.3 Å². The van der Waals surface area contributed by atoms with Gasteiger partial charge in [-0.1, -0.05) is 0 Å². The summed E-state index contributed by atoms with van der Waals surface area (Å²) in [4.78, 5) is 11.2. The van der Waals surface area contributed by atoms with Crippen LogP contribution in [0.25, 0.3) is 0 Å². The van der Waals surface area contributed by atoms with Crippen molar-refractivity contribution < 1.29 is 9.53 Å². The van der Waals surface area contributed by atoms with Gasteiger partial charge >= 0.3 is 0 Å². The molecule has 3 N–H and O–H groups in total. The van der Waals surface area contributed by atoms with E-state index < -0.39 is 0 Å². The van der Waals surface area contributed by atoms with E-state index in [-0.39, 0.29) is 18.0 Å². The molecule has 0 bridgehead atoms. The maximum absolute atomic E-state index is 11.2. The second-order valence-corrected chi connectivity index (χ2v) is 3.44. The van der Waals surface area contributed by atoms with Crippen LogP contribution in [0.1, 0.15) is 26.7 Å². The minimum atomic E-state index is 0.0434. The third-order valence-corrected chi connectivity index (χ3v) is 1.65. The summed E-state index contributed by atoms with van der Waals surface area (Å²) in [5.74, 6) is 0.0434. The quantitative estimate of drug-likeness (QED) is 0.628. The van der Waals surface area contributed by atoms with Gasteiger partial charge in [-0.25, -0.2) is 0 Å². The van der Waals surface area contributed by atoms with Gasteiger partial charge in [-0.15, -0.1) is 0 Å². The number of hydrogen-bond acceptors (Lipinski definition) is 3. The second-order valence-electron chi connectivity index (χ2n) is 3.44. The Balaban J connectivity index is 3.50. The number of rotatable bonds is 6. The molecular formula is C9H20N2O2. The molecule has 0 heterocycles. The number of ether oxygens (including phenoxy) is 1. The largest absolute Gasteiger partial charge is 0.383 e. The van der Waals surface area contributed by atoms with Crippen LogP contribution in [-0.4, -0.2) is 31.7 Å². The Kier molecular flexibility index (Phi) is 6.54. The maximum Gasteiger partial charge on any atom is 0.220 e. The SMILES string of the molecule is COCC(C)NC(=O)CCC(C)N. The molecule has 0 aromatic heterocycles. The first-order chi connectivity index (χ1) is 6.06. The molecule has 78 valence electrons. The number of nitrogens with one attached hydrogen (secondary N) is 1. The average Bonchev–Trinajstić information content (AvgIpc) is 2.01. The summed E-state index contributed by atoms with van der Waals surface area (Å²) in [6.45, 7) is 4.35. The van der Waals surface area contributed by atoms with E-state index in [9.17, 15) is 4.79 Å². The molecule has 0 saturated carbocycles. The zero-order valence-corrected chi connectivity index (χ0v) is 8.67. The summed E-state index contributed by atoms with van der Waals surface area (Å²) in [6, 6.07) is 0.161. The summed E-state index contributed by atoms with van der Waals surface area (Å²) >= 11 is 0. The standard InChI is InChI=1S/C9H20N2O2/c1-7(10)4-5-9(12)11-8(2)6-13-3/h7-8H,4-6,10H2,1-3H3,(H,11,12). The summed E-state index contributed by atoms with van der Waals surface area (Å²) in [5, 5.41) is 2.82. The van der Waals surface area contributed by atoms with Crippen molar-refractivity contribution in [1.29, 1.82) is 0 Å². The number of hydrogen-bond donors (Lipinski definition) is 2. The van der Waals surface area contributed by atoms with Crippen LogP contribution in [0.2, 0.25) is 0 Å². The van der Waals surface area contributed by atoms with Crippen LogP contribution in [0.15, 0.2) is 0 Å². The Hall–Kier alpha value is -0.610. The van der Waals surface area contributed by atoms with E-state index in [0.29, 0.717) is 13.0 Å². The van der Waals surface area contributed by atoms with Crippen molar-refractivity contribution in [2.75, 3.05) is 13.7 Å². The Morgan fingerprint density at radius 3 is 2.62 bits per heavy atom.